The molecule has 17 heavy (non-hydrogen) atoms. The normalized spacial score (nSPS) is 28.1. The molecule has 1 aliphatic rings. The molecule has 2 rings (SSSR count). The van der Waals surface area contributed by atoms with Crippen LogP contribution in [-0.4, -0.2) is 11.5 Å². The first kappa shape index (κ1) is 13.5. The number of benzene rings is 1. The van der Waals surface area contributed by atoms with E-state index in [9.17, 15) is 4.89 Å². The maximum atomic E-state index is 9.47. The van der Waals surface area contributed by atoms with Gasteiger partial charge in [-0.3, -0.25) is 0 Å². The van der Waals surface area contributed by atoms with Gasteiger partial charge >= 0.3 is 8.60 Å². The Morgan fingerprint density at radius 2 is 2.12 bits per heavy atom. The molecule has 0 spiro atoms. The fourth-order valence-corrected chi connectivity index (χ4v) is 3.34. The van der Waals surface area contributed by atoms with Crippen LogP contribution in [0.5, 0.6) is 0 Å². The Morgan fingerprint density at radius 1 is 1.41 bits per heavy atom. The minimum Gasteiger partial charge on any atom is -0.328 e. The molecule has 0 aliphatic carbocycles. The Kier molecular flexibility index (Phi) is 3.99. The van der Waals surface area contributed by atoms with E-state index in [0.717, 1.165) is 5.56 Å². The van der Waals surface area contributed by atoms with Crippen molar-refractivity contribution in [1.29, 1.82) is 0 Å². The molecule has 1 fully saturated rings. The van der Waals surface area contributed by atoms with E-state index in [1.54, 1.807) is 12.1 Å². The molecule has 0 amide bonds. The van der Waals surface area contributed by atoms with Crippen LogP contribution in [0.15, 0.2) is 18.2 Å². The molecular formula is C11H13Cl2O3P. The summed E-state index contributed by atoms with van der Waals surface area (Å²) in [6.45, 7) is 4.44. The van der Waals surface area contributed by atoms with Gasteiger partial charge < -0.3 is 13.9 Å². The van der Waals surface area contributed by atoms with Gasteiger partial charge in [0.05, 0.1) is 6.61 Å². The van der Waals surface area contributed by atoms with Crippen molar-refractivity contribution in [1.82, 2.24) is 0 Å². The zero-order valence-electron chi connectivity index (χ0n) is 9.48. The van der Waals surface area contributed by atoms with E-state index in [0.29, 0.717) is 16.7 Å². The van der Waals surface area contributed by atoms with E-state index in [2.05, 4.69) is 0 Å². The van der Waals surface area contributed by atoms with Crippen LogP contribution in [0.1, 0.15) is 25.5 Å². The van der Waals surface area contributed by atoms with Gasteiger partial charge in [0.1, 0.15) is 6.10 Å². The number of hydrogen-bond acceptors (Lipinski definition) is 3. The zero-order valence-corrected chi connectivity index (χ0v) is 11.9. The molecular weight excluding hydrogens is 282 g/mol. The predicted octanol–water partition coefficient (Wildman–Crippen LogP) is 4.33. The Hall–Kier alpha value is 0.110. The van der Waals surface area contributed by atoms with Crippen molar-refractivity contribution in [2.75, 3.05) is 6.61 Å². The van der Waals surface area contributed by atoms with Gasteiger partial charge in [0.25, 0.3) is 0 Å². The summed E-state index contributed by atoms with van der Waals surface area (Å²) in [5, 5.41) is 1.12. The van der Waals surface area contributed by atoms with E-state index < -0.39 is 8.60 Å². The molecule has 6 heteroatoms. The molecule has 0 radical (unpaired) electrons. The topological polar surface area (TPSA) is 38.7 Å². The number of rotatable bonds is 1. The lowest BCUT2D eigenvalue weighted by atomic mass is 9.83. The predicted molar refractivity (Wildman–Crippen MR) is 69.2 cm³/mol. The van der Waals surface area contributed by atoms with Gasteiger partial charge in [-0.25, -0.2) is 0 Å². The minimum atomic E-state index is -1.82. The van der Waals surface area contributed by atoms with Crippen molar-refractivity contribution in [3.05, 3.63) is 33.8 Å². The summed E-state index contributed by atoms with van der Waals surface area (Å²) in [6, 6.07) is 5.26. The first-order valence-corrected chi connectivity index (χ1v) is 7.02. The average Bonchev–Trinajstić information content (AvgIpc) is 2.23. The van der Waals surface area contributed by atoms with Crippen molar-refractivity contribution in [3.63, 3.8) is 0 Å². The summed E-state index contributed by atoms with van der Waals surface area (Å²) in [5.41, 5.74) is 0.574. The van der Waals surface area contributed by atoms with Gasteiger partial charge in [-0.2, -0.15) is 0 Å². The van der Waals surface area contributed by atoms with Crippen LogP contribution < -0.4 is 0 Å². The minimum absolute atomic E-state index is 0.251. The van der Waals surface area contributed by atoms with Gasteiger partial charge in [0, 0.05) is 21.0 Å². The quantitative estimate of drug-likeness (QED) is 0.784. The molecule has 3 nitrogen and oxygen atoms in total. The van der Waals surface area contributed by atoms with Crippen LogP contribution in [0.4, 0.5) is 0 Å². The molecule has 1 heterocycles. The average molecular weight is 295 g/mol. The molecule has 0 saturated carbocycles. The summed E-state index contributed by atoms with van der Waals surface area (Å²) in [6.07, 6.45) is -0.294. The zero-order chi connectivity index (χ0) is 12.6. The molecule has 1 saturated heterocycles. The Morgan fingerprint density at radius 3 is 2.76 bits per heavy atom. The van der Waals surface area contributed by atoms with Crippen LogP contribution in [-0.2, 0) is 9.05 Å². The highest BCUT2D eigenvalue weighted by molar-refractivity contribution is 7.40. The van der Waals surface area contributed by atoms with Gasteiger partial charge in [-0.15, -0.1) is 0 Å². The van der Waals surface area contributed by atoms with Crippen molar-refractivity contribution in [2.45, 2.75) is 20.0 Å². The molecule has 1 N–H and O–H groups in total. The highest BCUT2D eigenvalue weighted by Crippen LogP contribution is 2.54. The molecule has 1 aliphatic heterocycles. The van der Waals surface area contributed by atoms with Gasteiger partial charge in [0.2, 0.25) is 0 Å². The molecule has 2 atom stereocenters. The van der Waals surface area contributed by atoms with E-state index in [-0.39, 0.29) is 11.5 Å². The first-order chi connectivity index (χ1) is 7.90. The number of hydrogen-bond donors (Lipinski definition) is 1. The summed E-state index contributed by atoms with van der Waals surface area (Å²) >= 11 is 12.0. The van der Waals surface area contributed by atoms with Gasteiger partial charge in [-0.05, 0) is 12.1 Å². The van der Waals surface area contributed by atoms with Crippen molar-refractivity contribution in [2.24, 2.45) is 5.41 Å². The Bertz CT molecular complexity index is 425. The third-order valence-corrected chi connectivity index (χ3v) is 4.00. The van der Waals surface area contributed by atoms with Crippen molar-refractivity contribution < 1.29 is 13.9 Å². The third-order valence-electron chi connectivity index (χ3n) is 2.70. The van der Waals surface area contributed by atoms with Gasteiger partial charge in [0.15, 0.2) is 0 Å². The second-order valence-electron chi connectivity index (χ2n) is 4.65. The lowest BCUT2D eigenvalue weighted by Gasteiger charge is -2.39. The summed E-state index contributed by atoms with van der Waals surface area (Å²) in [5.74, 6) is 0. The Labute approximate surface area is 112 Å². The van der Waals surface area contributed by atoms with Crippen LogP contribution in [0.2, 0.25) is 10.0 Å². The van der Waals surface area contributed by atoms with Crippen LogP contribution >= 0.6 is 31.8 Å². The third kappa shape index (κ3) is 2.93. The van der Waals surface area contributed by atoms with Crippen LogP contribution in [0.3, 0.4) is 0 Å². The lowest BCUT2D eigenvalue weighted by molar-refractivity contribution is -0.0276. The molecule has 1 aromatic rings. The molecule has 0 bridgehead atoms. The second kappa shape index (κ2) is 5.00. The standard InChI is InChI=1S/C11H13Cl2O3P/c1-11(2)6-15-17(14)16-10(11)8-4-3-7(12)5-9(8)13/h3-5,10,14H,6H2,1-2H3/t10?,17-/m1/s1. The largest absolute Gasteiger partial charge is 0.330 e. The molecule has 94 valence electrons. The van der Waals surface area contributed by atoms with E-state index in [1.807, 2.05) is 19.9 Å². The van der Waals surface area contributed by atoms with Crippen molar-refractivity contribution >= 4 is 31.8 Å². The summed E-state index contributed by atoms with van der Waals surface area (Å²) in [4.78, 5) is 9.47. The van der Waals surface area contributed by atoms with E-state index in [1.165, 1.54) is 0 Å². The Balaban J connectivity index is 2.36. The van der Waals surface area contributed by atoms with Crippen LogP contribution in [0, 0.1) is 5.41 Å². The number of halogens is 2. The summed E-state index contributed by atoms with van der Waals surface area (Å²) < 4.78 is 10.6. The molecule has 1 aromatic carbocycles. The van der Waals surface area contributed by atoms with Crippen molar-refractivity contribution in [3.8, 4) is 0 Å². The SMILES string of the molecule is CC1(C)CO[P@@](O)OC1c1ccc(Cl)cc1Cl. The molecule has 1 unspecified atom stereocenters. The lowest BCUT2D eigenvalue weighted by Crippen LogP contribution is -2.32. The van der Waals surface area contributed by atoms with Crippen LogP contribution in [0.25, 0.3) is 0 Å². The fraction of sp³-hybridized carbons (Fsp3) is 0.455. The molecule has 0 aromatic heterocycles. The fourth-order valence-electron chi connectivity index (χ4n) is 1.75. The van der Waals surface area contributed by atoms with E-state index >= 15 is 0 Å². The summed E-state index contributed by atoms with van der Waals surface area (Å²) in [7, 11) is -1.82. The van der Waals surface area contributed by atoms with Gasteiger partial charge in [-0.1, -0.05) is 43.1 Å². The second-order valence-corrected chi connectivity index (χ2v) is 6.44. The maximum Gasteiger partial charge on any atom is 0.330 e. The monoisotopic (exact) mass is 294 g/mol. The highest BCUT2D eigenvalue weighted by atomic mass is 35.5. The smallest absolute Gasteiger partial charge is 0.328 e. The first-order valence-electron chi connectivity index (χ1n) is 5.14. The maximum absolute atomic E-state index is 9.47. The highest BCUT2D eigenvalue weighted by Gasteiger charge is 2.40. The van der Waals surface area contributed by atoms with E-state index in [4.69, 9.17) is 32.2 Å².